The molecule has 4 atom stereocenters. The number of carbonyl (C=O) groups is 2. The summed E-state index contributed by atoms with van der Waals surface area (Å²) in [5, 5.41) is 19.9. The van der Waals surface area contributed by atoms with E-state index in [0.717, 1.165) is 0 Å². The van der Waals surface area contributed by atoms with Crippen molar-refractivity contribution in [3.63, 3.8) is 0 Å². The van der Waals surface area contributed by atoms with E-state index in [1.54, 1.807) is 46.5 Å². The largest absolute Gasteiger partial charge is 0.493 e. The quantitative estimate of drug-likeness (QED) is 0.465. The number of methoxy groups -OCH3 is 2. The predicted molar refractivity (Wildman–Crippen MR) is 149 cm³/mol. The lowest BCUT2D eigenvalue weighted by molar-refractivity contribution is 0.0743. The van der Waals surface area contributed by atoms with E-state index in [4.69, 9.17) is 18.9 Å². The Morgan fingerprint density at radius 1 is 0.732 bits per heavy atom. The molecule has 2 saturated heterocycles. The van der Waals surface area contributed by atoms with Gasteiger partial charge in [0.1, 0.15) is 0 Å². The zero-order valence-corrected chi connectivity index (χ0v) is 22.9. The average Bonchev–Trinajstić information content (AvgIpc) is 3.48. The number of nitrogens with zero attached hydrogens (tertiary/aromatic N) is 4. The van der Waals surface area contributed by atoms with Gasteiger partial charge in [-0.05, 0) is 12.1 Å². The SMILES string of the molecule is COc1cc2c(cc1OCCCOc1cc3c(cc1OC)C(=O)N1C[C@@H](O)C[C@H]1C=N3)N=C[C@@H]1C[C@H](O)CN1C2=O. The summed E-state index contributed by atoms with van der Waals surface area (Å²) < 4.78 is 22.9. The number of rotatable bonds is 8. The van der Waals surface area contributed by atoms with E-state index in [1.807, 2.05) is 0 Å². The van der Waals surface area contributed by atoms with Crippen molar-refractivity contribution < 1.29 is 38.7 Å². The van der Waals surface area contributed by atoms with Gasteiger partial charge in [-0.25, -0.2) is 0 Å². The molecule has 4 heterocycles. The molecular formula is C29H32N4O8. The van der Waals surface area contributed by atoms with Gasteiger partial charge in [0.05, 0.1) is 74.2 Å². The van der Waals surface area contributed by atoms with Gasteiger partial charge < -0.3 is 39.0 Å². The van der Waals surface area contributed by atoms with Crippen LogP contribution in [0.25, 0.3) is 0 Å². The first-order valence-electron chi connectivity index (χ1n) is 13.6. The van der Waals surface area contributed by atoms with Crippen LogP contribution in [0.5, 0.6) is 23.0 Å². The molecule has 2 N–H and O–H groups in total. The number of hydrogen-bond acceptors (Lipinski definition) is 10. The Bertz CT molecular complexity index is 1320. The topological polar surface area (TPSA) is 143 Å². The van der Waals surface area contributed by atoms with Crippen LogP contribution in [0, 0.1) is 0 Å². The number of aliphatic hydroxyl groups excluding tert-OH is 2. The molecule has 2 fully saturated rings. The summed E-state index contributed by atoms with van der Waals surface area (Å²) in [7, 11) is 3.02. The lowest BCUT2D eigenvalue weighted by Gasteiger charge is -2.20. The van der Waals surface area contributed by atoms with Crippen LogP contribution in [0.4, 0.5) is 11.4 Å². The van der Waals surface area contributed by atoms with Gasteiger partial charge >= 0.3 is 0 Å². The second-order valence-electron chi connectivity index (χ2n) is 10.5. The average molecular weight is 565 g/mol. The molecule has 6 rings (SSSR count). The molecule has 0 radical (unpaired) electrons. The van der Waals surface area contributed by atoms with E-state index >= 15 is 0 Å². The number of aliphatic hydroxyl groups is 2. The van der Waals surface area contributed by atoms with Gasteiger partial charge in [0, 0.05) is 56.9 Å². The van der Waals surface area contributed by atoms with Gasteiger partial charge in [0.15, 0.2) is 23.0 Å². The van der Waals surface area contributed by atoms with Crippen LogP contribution in [0.2, 0.25) is 0 Å². The van der Waals surface area contributed by atoms with Crippen LogP contribution in [-0.4, -0.2) is 109 Å². The molecule has 2 amide bonds. The third-order valence-corrected chi connectivity index (χ3v) is 7.76. The van der Waals surface area contributed by atoms with Crippen molar-refractivity contribution in [3.8, 4) is 23.0 Å². The van der Waals surface area contributed by atoms with Gasteiger partial charge in [0.2, 0.25) is 0 Å². The summed E-state index contributed by atoms with van der Waals surface area (Å²) >= 11 is 0. The van der Waals surface area contributed by atoms with Gasteiger partial charge in [0.25, 0.3) is 11.8 Å². The van der Waals surface area contributed by atoms with E-state index in [0.29, 0.717) is 78.0 Å². The van der Waals surface area contributed by atoms with Gasteiger partial charge in [-0.15, -0.1) is 0 Å². The Labute approximate surface area is 236 Å². The summed E-state index contributed by atoms with van der Waals surface area (Å²) in [6.45, 7) is 1.15. The summed E-state index contributed by atoms with van der Waals surface area (Å²) in [5.41, 5.74) is 1.79. The molecule has 0 spiro atoms. The molecule has 0 bridgehead atoms. The summed E-state index contributed by atoms with van der Waals surface area (Å²) in [4.78, 5) is 38.4. The second-order valence-corrected chi connectivity index (χ2v) is 10.5. The molecule has 216 valence electrons. The molecule has 0 saturated carbocycles. The molecule has 4 aliphatic rings. The van der Waals surface area contributed by atoms with Gasteiger partial charge in [-0.3, -0.25) is 19.6 Å². The summed E-state index contributed by atoms with van der Waals surface area (Å²) in [6, 6.07) is 6.16. The fraction of sp³-hybridized carbons (Fsp3) is 0.448. The summed E-state index contributed by atoms with van der Waals surface area (Å²) in [6.07, 6.45) is 3.72. The van der Waals surface area contributed by atoms with Crippen molar-refractivity contribution in [1.82, 2.24) is 9.80 Å². The van der Waals surface area contributed by atoms with Crippen LogP contribution < -0.4 is 18.9 Å². The number of amides is 2. The minimum atomic E-state index is -0.558. The lowest BCUT2D eigenvalue weighted by atomic mass is 10.1. The van der Waals surface area contributed by atoms with Gasteiger partial charge in [-0.1, -0.05) is 0 Å². The number of aliphatic imine (C=N–C) groups is 2. The van der Waals surface area contributed by atoms with Gasteiger partial charge in [-0.2, -0.15) is 0 Å². The van der Waals surface area contributed by atoms with Crippen molar-refractivity contribution in [2.75, 3.05) is 40.5 Å². The predicted octanol–water partition coefficient (Wildman–Crippen LogP) is 2.13. The number of ether oxygens (including phenoxy) is 4. The standard InChI is InChI=1S/C29H32N4O8/c1-38-24-8-20-22(30-12-16-6-18(34)14-32(16)28(20)36)10-26(24)40-4-3-5-41-27-11-23-21(9-25(27)39-2)29(37)33-15-19(35)7-17(33)13-31-23/h8-13,16-19,34-35H,3-7,14-15H2,1-2H3/t16-,17-,18-,19-/m0/s1. The maximum Gasteiger partial charge on any atom is 0.256 e. The Kier molecular flexibility index (Phi) is 7.26. The first-order valence-corrected chi connectivity index (χ1v) is 13.6. The fourth-order valence-corrected chi connectivity index (χ4v) is 5.70. The van der Waals surface area contributed by atoms with Crippen molar-refractivity contribution in [2.24, 2.45) is 9.98 Å². The Hall–Kier alpha value is -4.16. The smallest absolute Gasteiger partial charge is 0.256 e. The van der Waals surface area contributed by atoms with Crippen LogP contribution in [-0.2, 0) is 0 Å². The highest BCUT2D eigenvalue weighted by Gasteiger charge is 2.38. The highest BCUT2D eigenvalue weighted by molar-refractivity contribution is 6.04. The van der Waals surface area contributed by atoms with Crippen molar-refractivity contribution in [1.29, 1.82) is 0 Å². The first-order chi connectivity index (χ1) is 19.9. The van der Waals surface area contributed by atoms with Crippen molar-refractivity contribution in [3.05, 3.63) is 35.4 Å². The first kappa shape index (κ1) is 27.0. The Morgan fingerprint density at radius 2 is 1.17 bits per heavy atom. The minimum Gasteiger partial charge on any atom is -0.493 e. The molecule has 0 unspecified atom stereocenters. The van der Waals surface area contributed by atoms with E-state index in [-0.39, 0.29) is 37.0 Å². The molecule has 4 aliphatic heterocycles. The molecule has 41 heavy (non-hydrogen) atoms. The van der Waals surface area contributed by atoms with Crippen LogP contribution in [0.3, 0.4) is 0 Å². The zero-order valence-electron chi connectivity index (χ0n) is 22.9. The number of fused-ring (bicyclic) bond motifs is 4. The highest BCUT2D eigenvalue weighted by Crippen LogP contribution is 2.39. The summed E-state index contributed by atoms with van der Waals surface area (Å²) in [5.74, 6) is 1.34. The molecule has 0 aromatic heterocycles. The second kappa shape index (κ2) is 11.0. The normalized spacial score (nSPS) is 24.3. The third kappa shape index (κ3) is 5.08. The fourth-order valence-electron chi connectivity index (χ4n) is 5.70. The maximum atomic E-state index is 13.1. The van der Waals surface area contributed by atoms with E-state index in [1.165, 1.54) is 14.2 Å². The van der Waals surface area contributed by atoms with Crippen molar-refractivity contribution >= 4 is 35.6 Å². The highest BCUT2D eigenvalue weighted by atomic mass is 16.5. The minimum absolute atomic E-state index is 0.198. The van der Waals surface area contributed by atoms with E-state index in [2.05, 4.69) is 9.98 Å². The third-order valence-electron chi connectivity index (χ3n) is 7.76. The molecule has 2 aromatic carbocycles. The number of carbonyl (C=O) groups excluding carboxylic acids is 2. The molecule has 2 aromatic rings. The molecule has 12 heteroatoms. The zero-order chi connectivity index (χ0) is 28.7. The maximum absolute atomic E-state index is 13.1. The van der Waals surface area contributed by atoms with Crippen molar-refractivity contribution in [2.45, 2.75) is 43.6 Å². The Balaban J connectivity index is 1.10. The lowest BCUT2D eigenvalue weighted by Crippen LogP contribution is -2.35. The van der Waals surface area contributed by atoms with E-state index < -0.39 is 12.2 Å². The number of hydrogen-bond donors (Lipinski definition) is 2. The molecule has 12 nitrogen and oxygen atoms in total. The monoisotopic (exact) mass is 564 g/mol. The number of benzene rings is 2. The molecule has 0 aliphatic carbocycles. The van der Waals surface area contributed by atoms with E-state index in [9.17, 15) is 19.8 Å². The van der Waals surface area contributed by atoms with Crippen LogP contribution in [0.1, 0.15) is 40.0 Å². The van der Waals surface area contributed by atoms with Crippen LogP contribution in [0.15, 0.2) is 34.3 Å². The van der Waals surface area contributed by atoms with Crippen LogP contribution >= 0.6 is 0 Å². The molecular weight excluding hydrogens is 532 g/mol. The Morgan fingerprint density at radius 3 is 1.59 bits per heavy atom.